The zero-order chi connectivity index (χ0) is 18.6. The number of hydrogen-bond donors (Lipinski definition) is 0. The maximum atomic E-state index is 13.2. The summed E-state index contributed by atoms with van der Waals surface area (Å²) >= 11 is 6.10. The van der Waals surface area contributed by atoms with Crippen LogP contribution >= 0.6 is 11.6 Å². The Morgan fingerprint density at radius 3 is 2.77 bits per heavy atom. The molecular formula is C21H31ClN2O2. The molecule has 0 aliphatic carbocycles. The lowest BCUT2D eigenvalue weighted by molar-refractivity contribution is -0.142. The highest BCUT2D eigenvalue weighted by molar-refractivity contribution is 6.30. The third-order valence-corrected chi connectivity index (χ3v) is 5.78. The second-order valence-electron chi connectivity index (χ2n) is 8.36. The standard InChI is InChI=1S/C21H31ClN2O2/c1-21(2,14-17-5-3-7-19(22)13-17)20(25)24-8-4-6-18(16-24)15-23-9-11-26-12-10-23/h3,5,7,13,18H,4,6,8-12,14-16H2,1-2H3/t18-/m1/s1. The molecule has 26 heavy (non-hydrogen) atoms. The largest absolute Gasteiger partial charge is 0.379 e. The SMILES string of the molecule is CC(C)(Cc1cccc(Cl)c1)C(=O)N1CCC[C@H](CN2CCOCC2)C1. The van der Waals surface area contributed by atoms with Gasteiger partial charge in [0.05, 0.1) is 13.2 Å². The van der Waals surface area contributed by atoms with E-state index < -0.39 is 5.41 Å². The summed E-state index contributed by atoms with van der Waals surface area (Å²) in [6.45, 7) is 10.7. The Labute approximate surface area is 162 Å². The van der Waals surface area contributed by atoms with E-state index in [0.717, 1.165) is 69.4 Å². The number of amides is 1. The maximum absolute atomic E-state index is 13.2. The molecule has 1 aromatic carbocycles. The van der Waals surface area contributed by atoms with E-state index in [4.69, 9.17) is 16.3 Å². The maximum Gasteiger partial charge on any atom is 0.228 e. The van der Waals surface area contributed by atoms with Crippen molar-refractivity contribution in [1.82, 2.24) is 9.80 Å². The molecular weight excluding hydrogens is 348 g/mol. The molecule has 0 unspecified atom stereocenters. The van der Waals surface area contributed by atoms with Crippen LogP contribution in [0.15, 0.2) is 24.3 Å². The monoisotopic (exact) mass is 378 g/mol. The van der Waals surface area contributed by atoms with Gasteiger partial charge in [0.1, 0.15) is 0 Å². The van der Waals surface area contributed by atoms with Crippen molar-refractivity contribution in [2.45, 2.75) is 33.1 Å². The molecule has 2 saturated heterocycles. The van der Waals surface area contributed by atoms with Crippen LogP contribution in [0.5, 0.6) is 0 Å². The summed E-state index contributed by atoms with van der Waals surface area (Å²) in [5.74, 6) is 0.844. The van der Waals surface area contributed by atoms with Crippen molar-refractivity contribution in [3.05, 3.63) is 34.9 Å². The average Bonchev–Trinajstić information content (AvgIpc) is 2.62. The van der Waals surface area contributed by atoms with Crippen LogP contribution in [0, 0.1) is 11.3 Å². The predicted octanol–water partition coefficient (Wildman–Crippen LogP) is 3.48. The molecule has 144 valence electrons. The number of morpholine rings is 1. The number of likely N-dealkylation sites (tertiary alicyclic amines) is 1. The van der Waals surface area contributed by atoms with Crippen LogP contribution in [-0.4, -0.2) is 61.6 Å². The summed E-state index contributed by atoms with van der Waals surface area (Å²) in [5.41, 5.74) is 0.712. The Balaban J connectivity index is 1.58. The van der Waals surface area contributed by atoms with Gasteiger partial charge in [-0.15, -0.1) is 0 Å². The highest BCUT2D eigenvalue weighted by atomic mass is 35.5. The lowest BCUT2D eigenvalue weighted by atomic mass is 9.83. The molecule has 2 aliphatic rings. The molecule has 0 aromatic heterocycles. The number of hydrogen-bond acceptors (Lipinski definition) is 3. The number of ether oxygens (including phenoxy) is 1. The second-order valence-corrected chi connectivity index (χ2v) is 8.80. The molecule has 2 fully saturated rings. The first-order valence-corrected chi connectivity index (χ1v) is 10.2. The first-order chi connectivity index (χ1) is 12.4. The Kier molecular flexibility index (Phi) is 6.60. The highest BCUT2D eigenvalue weighted by Crippen LogP contribution is 2.29. The molecule has 1 atom stereocenters. The minimum Gasteiger partial charge on any atom is -0.379 e. The second kappa shape index (κ2) is 8.73. The van der Waals surface area contributed by atoms with Crippen molar-refractivity contribution in [3.63, 3.8) is 0 Å². The Bertz CT molecular complexity index is 614. The van der Waals surface area contributed by atoms with Gasteiger partial charge in [-0.05, 0) is 42.9 Å². The van der Waals surface area contributed by atoms with Gasteiger partial charge in [0.25, 0.3) is 0 Å². The van der Waals surface area contributed by atoms with Crippen LogP contribution in [-0.2, 0) is 16.0 Å². The average molecular weight is 379 g/mol. The number of halogens is 1. The topological polar surface area (TPSA) is 32.8 Å². The van der Waals surface area contributed by atoms with Crippen LogP contribution in [0.1, 0.15) is 32.3 Å². The fourth-order valence-electron chi connectivity index (χ4n) is 4.21. The van der Waals surface area contributed by atoms with Gasteiger partial charge in [0.2, 0.25) is 5.91 Å². The molecule has 2 aliphatic heterocycles. The number of rotatable bonds is 5. The first kappa shape index (κ1) is 19.7. The number of nitrogens with zero attached hydrogens (tertiary/aromatic N) is 2. The summed E-state index contributed by atoms with van der Waals surface area (Å²) in [6.07, 6.45) is 3.04. The van der Waals surface area contributed by atoms with Gasteiger partial charge >= 0.3 is 0 Å². The summed E-state index contributed by atoms with van der Waals surface area (Å²) < 4.78 is 5.44. The Hall–Kier alpha value is -1.10. The summed E-state index contributed by atoms with van der Waals surface area (Å²) in [4.78, 5) is 17.8. The van der Waals surface area contributed by atoms with E-state index in [9.17, 15) is 4.79 Å². The molecule has 0 radical (unpaired) electrons. The fraction of sp³-hybridized carbons (Fsp3) is 0.667. The normalized spacial score (nSPS) is 22.4. The minimum absolute atomic E-state index is 0.268. The Morgan fingerprint density at radius 1 is 1.27 bits per heavy atom. The van der Waals surface area contributed by atoms with Gasteiger partial charge in [0.15, 0.2) is 0 Å². The molecule has 1 aromatic rings. The number of piperidine rings is 1. The van der Waals surface area contributed by atoms with Crippen molar-refractivity contribution in [2.75, 3.05) is 45.9 Å². The lowest BCUT2D eigenvalue weighted by Gasteiger charge is -2.39. The lowest BCUT2D eigenvalue weighted by Crippen LogP contribution is -2.49. The van der Waals surface area contributed by atoms with E-state index >= 15 is 0 Å². The van der Waals surface area contributed by atoms with Crippen LogP contribution in [0.3, 0.4) is 0 Å². The van der Waals surface area contributed by atoms with Gasteiger partial charge in [-0.1, -0.05) is 37.6 Å². The molecule has 4 nitrogen and oxygen atoms in total. The van der Waals surface area contributed by atoms with Crippen molar-refractivity contribution >= 4 is 17.5 Å². The Morgan fingerprint density at radius 2 is 2.04 bits per heavy atom. The summed E-state index contributed by atoms with van der Waals surface area (Å²) in [7, 11) is 0. The van der Waals surface area contributed by atoms with Crippen molar-refractivity contribution in [3.8, 4) is 0 Å². The van der Waals surface area contributed by atoms with E-state index in [2.05, 4.69) is 29.7 Å². The highest BCUT2D eigenvalue weighted by Gasteiger charge is 2.35. The molecule has 0 bridgehead atoms. The third kappa shape index (κ3) is 5.21. The fourth-order valence-corrected chi connectivity index (χ4v) is 4.42. The predicted molar refractivity (Wildman–Crippen MR) is 106 cm³/mol. The van der Waals surface area contributed by atoms with Crippen LogP contribution in [0.4, 0.5) is 0 Å². The van der Waals surface area contributed by atoms with Crippen LogP contribution < -0.4 is 0 Å². The van der Waals surface area contributed by atoms with Crippen LogP contribution in [0.2, 0.25) is 5.02 Å². The van der Waals surface area contributed by atoms with E-state index in [1.165, 1.54) is 6.42 Å². The van der Waals surface area contributed by atoms with Gasteiger partial charge < -0.3 is 9.64 Å². The van der Waals surface area contributed by atoms with E-state index in [1.807, 2.05) is 18.2 Å². The molecule has 1 amide bonds. The number of carbonyl (C=O) groups is 1. The van der Waals surface area contributed by atoms with Gasteiger partial charge in [0, 0.05) is 43.2 Å². The smallest absolute Gasteiger partial charge is 0.228 e. The molecule has 5 heteroatoms. The quantitative estimate of drug-likeness (QED) is 0.786. The van der Waals surface area contributed by atoms with E-state index in [-0.39, 0.29) is 5.91 Å². The summed E-state index contributed by atoms with van der Waals surface area (Å²) in [6, 6.07) is 7.85. The molecule has 2 heterocycles. The molecule has 0 saturated carbocycles. The zero-order valence-corrected chi connectivity index (χ0v) is 16.8. The molecule has 0 spiro atoms. The zero-order valence-electron chi connectivity index (χ0n) is 16.0. The van der Waals surface area contributed by atoms with Gasteiger partial charge in [-0.3, -0.25) is 9.69 Å². The number of benzene rings is 1. The van der Waals surface area contributed by atoms with Gasteiger partial charge in [-0.25, -0.2) is 0 Å². The number of carbonyl (C=O) groups excluding carboxylic acids is 1. The van der Waals surface area contributed by atoms with E-state index in [1.54, 1.807) is 0 Å². The summed E-state index contributed by atoms with van der Waals surface area (Å²) in [5, 5.41) is 0.731. The molecule has 3 rings (SSSR count). The van der Waals surface area contributed by atoms with Gasteiger partial charge in [-0.2, -0.15) is 0 Å². The molecule has 0 N–H and O–H groups in total. The van der Waals surface area contributed by atoms with Crippen molar-refractivity contribution in [1.29, 1.82) is 0 Å². The first-order valence-electron chi connectivity index (χ1n) is 9.78. The van der Waals surface area contributed by atoms with E-state index in [0.29, 0.717) is 5.92 Å². The third-order valence-electron chi connectivity index (χ3n) is 5.54. The van der Waals surface area contributed by atoms with Crippen molar-refractivity contribution < 1.29 is 9.53 Å². The van der Waals surface area contributed by atoms with Crippen molar-refractivity contribution in [2.24, 2.45) is 11.3 Å². The van der Waals surface area contributed by atoms with Crippen LogP contribution in [0.25, 0.3) is 0 Å². The minimum atomic E-state index is -0.411.